The first-order valence-electron chi connectivity index (χ1n) is 5.65. The van der Waals surface area contributed by atoms with Crippen LogP contribution in [0, 0.1) is 5.92 Å². The lowest BCUT2D eigenvalue weighted by molar-refractivity contribution is -0.153. The predicted molar refractivity (Wildman–Crippen MR) is 62.2 cm³/mol. The van der Waals surface area contributed by atoms with E-state index in [2.05, 4.69) is 0 Å². The lowest BCUT2D eigenvalue weighted by atomic mass is 10.2. The molecule has 1 N–H and O–H groups in total. The number of aliphatic carboxylic acids is 1. The van der Waals surface area contributed by atoms with Crippen molar-refractivity contribution in [3.63, 3.8) is 0 Å². The van der Waals surface area contributed by atoms with Gasteiger partial charge < -0.3 is 9.84 Å². The van der Waals surface area contributed by atoms with Crippen molar-refractivity contribution in [3.05, 3.63) is 0 Å². The van der Waals surface area contributed by atoms with E-state index in [-0.39, 0.29) is 25.4 Å². The molecule has 0 spiro atoms. The lowest BCUT2D eigenvalue weighted by Gasteiger charge is -2.30. The van der Waals surface area contributed by atoms with Crippen molar-refractivity contribution in [2.24, 2.45) is 5.92 Å². The summed E-state index contributed by atoms with van der Waals surface area (Å²) in [5, 5.41) is 8.79. The molecule has 0 bridgehead atoms. The summed E-state index contributed by atoms with van der Waals surface area (Å²) in [4.78, 5) is 10.7. The molecule has 7 heteroatoms. The zero-order chi connectivity index (χ0) is 13.1. The van der Waals surface area contributed by atoms with Crippen LogP contribution >= 0.6 is 0 Å². The summed E-state index contributed by atoms with van der Waals surface area (Å²) in [6, 6.07) is 0. The zero-order valence-electron chi connectivity index (χ0n) is 10.1. The standard InChI is InChI=1S/C10H19NO5S/c1-8(2)3-6-17(14,15)11-4-5-16-9(7-11)10(12)13/h8-9H,3-7H2,1-2H3,(H,12,13). The van der Waals surface area contributed by atoms with Crippen LogP contribution < -0.4 is 0 Å². The van der Waals surface area contributed by atoms with E-state index in [0.29, 0.717) is 12.3 Å². The van der Waals surface area contributed by atoms with Crippen LogP contribution in [0.3, 0.4) is 0 Å². The smallest absolute Gasteiger partial charge is 0.334 e. The highest BCUT2D eigenvalue weighted by Crippen LogP contribution is 2.13. The maximum absolute atomic E-state index is 11.9. The quantitative estimate of drug-likeness (QED) is 0.765. The Labute approximate surface area is 102 Å². The Morgan fingerprint density at radius 1 is 1.53 bits per heavy atom. The molecule has 0 aromatic carbocycles. The Morgan fingerprint density at radius 3 is 2.71 bits per heavy atom. The molecule has 100 valence electrons. The fraction of sp³-hybridized carbons (Fsp3) is 0.900. The van der Waals surface area contributed by atoms with Gasteiger partial charge in [0.15, 0.2) is 6.10 Å². The molecule has 17 heavy (non-hydrogen) atoms. The normalized spacial score (nSPS) is 22.9. The minimum atomic E-state index is -3.35. The van der Waals surface area contributed by atoms with Gasteiger partial charge in [0, 0.05) is 6.54 Å². The maximum atomic E-state index is 11.9. The van der Waals surface area contributed by atoms with Gasteiger partial charge in [0.05, 0.1) is 18.9 Å². The van der Waals surface area contributed by atoms with Crippen molar-refractivity contribution in [2.75, 3.05) is 25.4 Å². The molecule has 0 aliphatic carbocycles. The van der Waals surface area contributed by atoms with Crippen LogP contribution in [0.2, 0.25) is 0 Å². The fourth-order valence-corrected chi connectivity index (χ4v) is 3.28. The summed E-state index contributed by atoms with van der Waals surface area (Å²) in [5.41, 5.74) is 0. The molecule has 6 nitrogen and oxygen atoms in total. The molecule has 0 saturated carbocycles. The van der Waals surface area contributed by atoms with Crippen molar-refractivity contribution >= 4 is 16.0 Å². The maximum Gasteiger partial charge on any atom is 0.334 e. The SMILES string of the molecule is CC(C)CCS(=O)(=O)N1CCOC(C(=O)O)C1. The van der Waals surface area contributed by atoms with Crippen molar-refractivity contribution in [2.45, 2.75) is 26.4 Å². The van der Waals surface area contributed by atoms with Gasteiger partial charge in [-0.25, -0.2) is 13.2 Å². The molecule has 1 saturated heterocycles. The summed E-state index contributed by atoms with van der Waals surface area (Å²) >= 11 is 0. The van der Waals surface area contributed by atoms with Gasteiger partial charge in [-0.1, -0.05) is 13.8 Å². The van der Waals surface area contributed by atoms with E-state index >= 15 is 0 Å². The number of morpholine rings is 1. The third-order valence-corrected chi connectivity index (χ3v) is 4.52. The van der Waals surface area contributed by atoms with Gasteiger partial charge in [-0.15, -0.1) is 0 Å². The van der Waals surface area contributed by atoms with E-state index in [0.717, 1.165) is 0 Å². The zero-order valence-corrected chi connectivity index (χ0v) is 10.9. The van der Waals surface area contributed by atoms with Gasteiger partial charge in [0.25, 0.3) is 0 Å². The summed E-state index contributed by atoms with van der Waals surface area (Å²) in [6.07, 6.45) is -0.463. The Balaban J connectivity index is 2.62. The van der Waals surface area contributed by atoms with Crippen LogP contribution in [0.25, 0.3) is 0 Å². The van der Waals surface area contributed by atoms with Gasteiger partial charge in [0.2, 0.25) is 10.0 Å². The average Bonchev–Trinajstić information content (AvgIpc) is 2.27. The van der Waals surface area contributed by atoms with Crippen LogP contribution in [-0.4, -0.2) is 55.4 Å². The fourth-order valence-electron chi connectivity index (χ4n) is 1.54. The second-order valence-corrected chi connectivity index (χ2v) is 6.64. The number of carboxylic acid groups (broad SMARTS) is 1. The van der Waals surface area contributed by atoms with Crippen molar-refractivity contribution < 1.29 is 23.1 Å². The number of carbonyl (C=O) groups is 1. The number of carboxylic acids is 1. The van der Waals surface area contributed by atoms with Gasteiger partial charge >= 0.3 is 5.97 Å². The van der Waals surface area contributed by atoms with E-state index in [1.54, 1.807) is 0 Å². The highest BCUT2D eigenvalue weighted by atomic mass is 32.2. The molecule has 1 heterocycles. The minimum Gasteiger partial charge on any atom is -0.479 e. The van der Waals surface area contributed by atoms with E-state index in [9.17, 15) is 13.2 Å². The first-order valence-corrected chi connectivity index (χ1v) is 7.26. The third-order valence-electron chi connectivity index (χ3n) is 2.65. The first-order chi connectivity index (χ1) is 7.83. The second-order valence-electron chi connectivity index (χ2n) is 4.55. The van der Waals surface area contributed by atoms with Crippen molar-refractivity contribution in [1.29, 1.82) is 0 Å². The monoisotopic (exact) mass is 265 g/mol. The summed E-state index contributed by atoms with van der Waals surface area (Å²) in [5.74, 6) is -0.744. The summed E-state index contributed by atoms with van der Waals surface area (Å²) in [6.45, 7) is 4.20. The molecule has 0 aromatic heterocycles. The van der Waals surface area contributed by atoms with Crippen molar-refractivity contribution in [3.8, 4) is 0 Å². The predicted octanol–water partition coefficient (Wildman–Crippen LogP) is 0.148. The van der Waals surface area contributed by atoms with Crippen LogP contribution in [0.15, 0.2) is 0 Å². The molecule has 1 aliphatic rings. The number of nitrogens with zero attached hydrogens (tertiary/aromatic N) is 1. The minimum absolute atomic E-state index is 0.0665. The number of hydrogen-bond acceptors (Lipinski definition) is 4. The average molecular weight is 265 g/mol. The number of ether oxygens (including phenoxy) is 1. The Kier molecular flexibility index (Phi) is 4.91. The molecule has 1 fully saturated rings. The molecular weight excluding hydrogens is 246 g/mol. The first kappa shape index (κ1) is 14.4. The van der Waals surface area contributed by atoms with Gasteiger partial charge in [-0.3, -0.25) is 0 Å². The third kappa shape index (κ3) is 4.25. The highest BCUT2D eigenvalue weighted by Gasteiger charge is 2.32. The molecule has 1 aliphatic heterocycles. The summed E-state index contributed by atoms with van der Waals surface area (Å²) in [7, 11) is -3.35. The lowest BCUT2D eigenvalue weighted by Crippen LogP contribution is -2.49. The Morgan fingerprint density at radius 2 is 2.18 bits per heavy atom. The second kappa shape index (κ2) is 5.79. The topological polar surface area (TPSA) is 83.9 Å². The van der Waals surface area contributed by atoms with Gasteiger partial charge in [-0.05, 0) is 12.3 Å². The Hall–Kier alpha value is -0.660. The van der Waals surface area contributed by atoms with Crippen LogP contribution in [0.1, 0.15) is 20.3 Å². The van der Waals surface area contributed by atoms with Gasteiger partial charge in [0.1, 0.15) is 0 Å². The van der Waals surface area contributed by atoms with Crippen molar-refractivity contribution in [1.82, 2.24) is 4.31 Å². The van der Waals surface area contributed by atoms with Crippen LogP contribution in [-0.2, 0) is 19.6 Å². The molecule has 1 unspecified atom stereocenters. The molecule has 0 aromatic rings. The van der Waals surface area contributed by atoms with E-state index in [4.69, 9.17) is 9.84 Å². The van der Waals surface area contributed by atoms with E-state index < -0.39 is 22.1 Å². The van der Waals surface area contributed by atoms with E-state index in [1.807, 2.05) is 13.8 Å². The highest BCUT2D eigenvalue weighted by molar-refractivity contribution is 7.89. The largest absolute Gasteiger partial charge is 0.479 e. The molecule has 0 radical (unpaired) electrons. The number of sulfonamides is 1. The molecule has 0 amide bonds. The van der Waals surface area contributed by atoms with Crippen LogP contribution in [0.5, 0.6) is 0 Å². The Bertz CT molecular complexity index is 365. The number of rotatable bonds is 5. The molecular formula is C10H19NO5S. The number of hydrogen-bond donors (Lipinski definition) is 1. The van der Waals surface area contributed by atoms with Crippen LogP contribution in [0.4, 0.5) is 0 Å². The van der Waals surface area contributed by atoms with Gasteiger partial charge in [-0.2, -0.15) is 4.31 Å². The summed E-state index contributed by atoms with van der Waals surface area (Å²) < 4.78 is 30.1. The van der Waals surface area contributed by atoms with E-state index in [1.165, 1.54) is 4.31 Å². The molecule has 1 rings (SSSR count). The molecule has 1 atom stereocenters.